The lowest BCUT2D eigenvalue weighted by Gasteiger charge is -2.23. The number of aromatic nitrogens is 2. The topological polar surface area (TPSA) is 62.3 Å². The highest BCUT2D eigenvalue weighted by Gasteiger charge is 2.37. The Morgan fingerprint density at radius 1 is 1.17 bits per heavy atom. The third-order valence-electron chi connectivity index (χ3n) is 5.95. The van der Waals surface area contributed by atoms with Crippen LogP contribution in [0, 0.1) is 17.7 Å². The van der Waals surface area contributed by atoms with Crippen LogP contribution in [0.2, 0.25) is 10.0 Å². The van der Waals surface area contributed by atoms with Gasteiger partial charge in [-0.3, -0.25) is 0 Å². The molecular weight excluding hydrogens is 428 g/mol. The zero-order valence-corrected chi connectivity index (χ0v) is 17.8. The van der Waals surface area contributed by atoms with Crippen molar-refractivity contribution in [2.75, 3.05) is 43.5 Å². The maximum atomic E-state index is 14.6. The summed E-state index contributed by atoms with van der Waals surface area (Å²) in [5, 5.41) is 7.31. The first-order valence-corrected chi connectivity index (χ1v) is 10.5. The van der Waals surface area contributed by atoms with E-state index in [0.29, 0.717) is 23.2 Å². The molecule has 1 aromatic heterocycles. The van der Waals surface area contributed by atoms with Gasteiger partial charge in [0.05, 0.1) is 34.0 Å². The van der Waals surface area contributed by atoms with Crippen LogP contribution < -0.4 is 20.3 Å². The molecule has 0 aliphatic carbocycles. The molecule has 5 rings (SSSR count). The molecule has 2 fully saturated rings. The number of rotatable bonds is 4. The molecule has 0 spiro atoms. The normalized spacial score (nSPS) is 20.6. The number of benzene rings is 2. The van der Waals surface area contributed by atoms with Gasteiger partial charge in [0.15, 0.2) is 5.82 Å². The standard InChI is InChI=1S/C21H20Cl2FN5O/c1-30-18-5-16-13(4-17(18)29-8-11-6-25-7-12(11)9-29)21(27-10-26-16)28-15-3-2-14(22)19(23)20(15)24/h2-5,10-12,25H,6-9H2,1H3,(H,26,27,28). The maximum Gasteiger partial charge on any atom is 0.166 e. The van der Waals surface area contributed by atoms with E-state index in [1.54, 1.807) is 13.2 Å². The van der Waals surface area contributed by atoms with Gasteiger partial charge in [-0.05, 0) is 30.0 Å². The van der Waals surface area contributed by atoms with Crippen molar-refractivity contribution >= 4 is 51.3 Å². The molecule has 3 aromatic rings. The van der Waals surface area contributed by atoms with E-state index >= 15 is 0 Å². The highest BCUT2D eigenvalue weighted by molar-refractivity contribution is 6.42. The van der Waals surface area contributed by atoms with E-state index in [1.807, 2.05) is 12.1 Å². The third kappa shape index (κ3) is 3.31. The summed E-state index contributed by atoms with van der Waals surface area (Å²) in [5.41, 5.74) is 1.89. The molecule has 9 heteroatoms. The minimum absolute atomic E-state index is 0.125. The Hall–Kier alpha value is -2.35. The minimum atomic E-state index is -0.621. The van der Waals surface area contributed by atoms with Gasteiger partial charge in [-0.25, -0.2) is 14.4 Å². The first-order valence-electron chi connectivity index (χ1n) is 9.74. The molecule has 0 saturated carbocycles. The number of hydrogen-bond acceptors (Lipinski definition) is 6. The van der Waals surface area contributed by atoms with Crippen molar-refractivity contribution in [3.05, 3.63) is 46.5 Å². The fourth-order valence-corrected chi connectivity index (χ4v) is 4.70. The van der Waals surface area contributed by atoms with Gasteiger partial charge in [0.25, 0.3) is 0 Å². The highest BCUT2D eigenvalue weighted by Crippen LogP contribution is 2.40. The van der Waals surface area contributed by atoms with Gasteiger partial charge >= 0.3 is 0 Å². The average Bonchev–Trinajstić information content (AvgIpc) is 3.35. The SMILES string of the molecule is COc1cc2ncnc(Nc3ccc(Cl)c(Cl)c3F)c2cc1N1CC2CNCC2C1. The first-order chi connectivity index (χ1) is 14.5. The van der Waals surface area contributed by atoms with Crippen molar-refractivity contribution in [1.82, 2.24) is 15.3 Å². The Kier molecular flexibility index (Phi) is 5.05. The van der Waals surface area contributed by atoms with E-state index in [1.165, 1.54) is 12.4 Å². The van der Waals surface area contributed by atoms with E-state index in [0.717, 1.165) is 43.0 Å². The van der Waals surface area contributed by atoms with Crippen LogP contribution in [-0.2, 0) is 0 Å². The molecule has 6 nitrogen and oxygen atoms in total. The van der Waals surface area contributed by atoms with Crippen LogP contribution in [0.5, 0.6) is 5.75 Å². The van der Waals surface area contributed by atoms with Gasteiger partial charge in [-0.15, -0.1) is 0 Å². The highest BCUT2D eigenvalue weighted by atomic mass is 35.5. The molecular formula is C21H20Cl2FN5O. The van der Waals surface area contributed by atoms with E-state index in [2.05, 4.69) is 25.5 Å². The molecule has 3 heterocycles. The van der Waals surface area contributed by atoms with Gasteiger partial charge in [0, 0.05) is 37.6 Å². The first kappa shape index (κ1) is 19.6. The monoisotopic (exact) mass is 447 g/mol. The average molecular weight is 448 g/mol. The fraction of sp³-hybridized carbons (Fsp3) is 0.333. The molecule has 2 saturated heterocycles. The zero-order chi connectivity index (χ0) is 20.8. The number of nitrogens with one attached hydrogen (secondary N) is 2. The van der Waals surface area contributed by atoms with E-state index in [4.69, 9.17) is 27.9 Å². The van der Waals surface area contributed by atoms with Gasteiger partial charge < -0.3 is 20.3 Å². The summed E-state index contributed by atoms with van der Waals surface area (Å²) in [5.74, 6) is 1.91. The number of hydrogen-bond donors (Lipinski definition) is 2. The number of anilines is 3. The lowest BCUT2D eigenvalue weighted by molar-refractivity contribution is 0.415. The summed E-state index contributed by atoms with van der Waals surface area (Å²) >= 11 is 11.9. The maximum absolute atomic E-state index is 14.6. The molecule has 0 radical (unpaired) electrons. The summed E-state index contributed by atoms with van der Waals surface area (Å²) in [6.07, 6.45) is 1.44. The lowest BCUT2D eigenvalue weighted by atomic mass is 10.0. The van der Waals surface area contributed by atoms with Crippen LogP contribution in [0.1, 0.15) is 0 Å². The quantitative estimate of drug-likeness (QED) is 0.574. The minimum Gasteiger partial charge on any atom is -0.495 e. The number of nitrogens with zero attached hydrogens (tertiary/aromatic N) is 3. The second-order valence-corrected chi connectivity index (χ2v) is 8.48. The Bertz CT molecular complexity index is 1120. The van der Waals surface area contributed by atoms with Gasteiger partial charge in [-0.2, -0.15) is 0 Å². The molecule has 2 aliphatic heterocycles. The summed E-state index contributed by atoms with van der Waals surface area (Å²) < 4.78 is 20.2. The van der Waals surface area contributed by atoms with Crippen molar-refractivity contribution < 1.29 is 9.13 Å². The predicted octanol–water partition coefficient (Wildman–Crippen LogP) is 4.48. The smallest absolute Gasteiger partial charge is 0.166 e. The largest absolute Gasteiger partial charge is 0.495 e. The number of methoxy groups -OCH3 is 1. The van der Waals surface area contributed by atoms with Crippen molar-refractivity contribution in [2.24, 2.45) is 11.8 Å². The second kappa shape index (κ2) is 7.72. The molecule has 0 bridgehead atoms. The zero-order valence-electron chi connectivity index (χ0n) is 16.3. The van der Waals surface area contributed by atoms with E-state index < -0.39 is 5.82 Å². The van der Waals surface area contributed by atoms with Crippen LogP contribution in [-0.4, -0.2) is 43.3 Å². The molecule has 0 amide bonds. The van der Waals surface area contributed by atoms with E-state index in [-0.39, 0.29) is 15.7 Å². The van der Waals surface area contributed by atoms with Crippen LogP contribution in [0.4, 0.5) is 21.6 Å². The molecule has 30 heavy (non-hydrogen) atoms. The molecule has 2 aromatic carbocycles. The van der Waals surface area contributed by atoms with Gasteiger partial charge in [-0.1, -0.05) is 23.2 Å². The molecule has 2 N–H and O–H groups in total. The predicted molar refractivity (Wildman–Crippen MR) is 118 cm³/mol. The summed E-state index contributed by atoms with van der Waals surface area (Å²) in [4.78, 5) is 11.1. The molecule has 2 aliphatic rings. The number of fused-ring (bicyclic) bond motifs is 2. The van der Waals surface area contributed by atoms with Crippen molar-refractivity contribution in [2.45, 2.75) is 0 Å². The molecule has 156 valence electrons. The number of halogens is 3. The Morgan fingerprint density at radius 3 is 2.67 bits per heavy atom. The molecule has 2 atom stereocenters. The van der Waals surface area contributed by atoms with Crippen molar-refractivity contribution in [1.29, 1.82) is 0 Å². The Labute approximate surface area is 183 Å². The van der Waals surface area contributed by atoms with Crippen LogP contribution in [0.15, 0.2) is 30.6 Å². The summed E-state index contributed by atoms with van der Waals surface area (Å²) in [7, 11) is 1.66. The lowest BCUT2D eigenvalue weighted by Crippen LogP contribution is -2.25. The second-order valence-electron chi connectivity index (χ2n) is 7.69. The van der Waals surface area contributed by atoms with Crippen LogP contribution in [0.3, 0.4) is 0 Å². The van der Waals surface area contributed by atoms with Crippen molar-refractivity contribution in [3.8, 4) is 5.75 Å². The van der Waals surface area contributed by atoms with Gasteiger partial charge in [0.2, 0.25) is 0 Å². The van der Waals surface area contributed by atoms with Crippen LogP contribution in [0.25, 0.3) is 10.9 Å². The summed E-state index contributed by atoms with van der Waals surface area (Å²) in [6, 6.07) is 7.00. The fourth-order valence-electron chi connectivity index (χ4n) is 4.38. The Morgan fingerprint density at radius 2 is 1.93 bits per heavy atom. The van der Waals surface area contributed by atoms with E-state index in [9.17, 15) is 4.39 Å². The number of ether oxygens (including phenoxy) is 1. The Balaban J connectivity index is 1.56. The van der Waals surface area contributed by atoms with Crippen LogP contribution >= 0.6 is 23.2 Å². The summed E-state index contributed by atoms with van der Waals surface area (Å²) in [6.45, 7) is 4.03. The third-order valence-corrected chi connectivity index (χ3v) is 6.74. The molecule has 2 unspecified atom stereocenters. The van der Waals surface area contributed by atoms with Gasteiger partial charge in [0.1, 0.15) is 17.9 Å². The van der Waals surface area contributed by atoms with Crippen molar-refractivity contribution in [3.63, 3.8) is 0 Å².